The van der Waals surface area contributed by atoms with Gasteiger partial charge in [-0.15, -0.1) is 0 Å². The molecule has 0 fully saturated rings. The molecule has 0 aliphatic heterocycles. The number of halogens is 1. The van der Waals surface area contributed by atoms with Crippen molar-refractivity contribution in [1.29, 1.82) is 0 Å². The summed E-state index contributed by atoms with van der Waals surface area (Å²) in [5.41, 5.74) is 0.792. The molecule has 0 amide bonds. The number of hydrogen-bond acceptors (Lipinski definition) is 5. The normalized spacial score (nSPS) is 11.0. The van der Waals surface area contributed by atoms with E-state index < -0.39 is 26.7 Å². The fourth-order valence-corrected chi connectivity index (χ4v) is 3.33. The van der Waals surface area contributed by atoms with Gasteiger partial charge < -0.3 is 10.1 Å². The van der Waals surface area contributed by atoms with E-state index in [1.807, 2.05) is 6.92 Å². The molecule has 0 radical (unpaired) electrons. The number of esters is 1. The molecule has 0 bridgehead atoms. The number of benzene rings is 2. The monoisotopic (exact) mass is 366 g/mol. The van der Waals surface area contributed by atoms with Gasteiger partial charge in [-0.2, -0.15) is 0 Å². The first-order chi connectivity index (χ1) is 11.9. The fourth-order valence-electron chi connectivity index (χ4n) is 2.18. The van der Waals surface area contributed by atoms with Gasteiger partial charge in [-0.05, 0) is 44.2 Å². The minimum Gasteiger partial charge on any atom is -0.462 e. The summed E-state index contributed by atoms with van der Waals surface area (Å²) in [6, 6.07) is 9.51. The summed E-state index contributed by atoms with van der Waals surface area (Å²) in [7, 11) is -4.16. The number of ether oxygens (including phenoxy) is 1. The van der Waals surface area contributed by atoms with Gasteiger partial charge >= 0.3 is 5.97 Å². The molecule has 25 heavy (non-hydrogen) atoms. The van der Waals surface area contributed by atoms with E-state index in [1.165, 1.54) is 30.3 Å². The van der Waals surface area contributed by atoms with Gasteiger partial charge in [0, 0.05) is 6.54 Å². The number of hydrogen-bond donors (Lipinski definition) is 2. The maximum atomic E-state index is 13.8. The van der Waals surface area contributed by atoms with Crippen LogP contribution in [0.3, 0.4) is 0 Å². The van der Waals surface area contributed by atoms with Gasteiger partial charge in [0.1, 0.15) is 10.7 Å². The van der Waals surface area contributed by atoms with E-state index in [1.54, 1.807) is 13.0 Å². The lowest BCUT2D eigenvalue weighted by molar-refractivity contribution is 0.0526. The van der Waals surface area contributed by atoms with Gasteiger partial charge in [0.25, 0.3) is 10.0 Å². The average molecular weight is 366 g/mol. The summed E-state index contributed by atoms with van der Waals surface area (Å²) in [6.45, 7) is 4.25. The Bertz CT molecular complexity index is 869. The van der Waals surface area contributed by atoms with Crippen molar-refractivity contribution < 1.29 is 22.3 Å². The van der Waals surface area contributed by atoms with E-state index in [2.05, 4.69) is 10.0 Å². The van der Waals surface area contributed by atoms with Crippen LogP contribution in [0.4, 0.5) is 15.8 Å². The second kappa shape index (κ2) is 7.98. The molecule has 2 aromatic carbocycles. The molecule has 8 heteroatoms. The molecule has 0 aliphatic rings. The lowest BCUT2D eigenvalue weighted by Gasteiger charge is -2.15. The second-order valence-electron chi connectivity index (χ2n) is 5.05. The van der Waals surface area contributed by atoms with Crippen LogP contribution in [0.2, 0.25) is 0 Å². The van der Waals surface area contributed by atoms with E-state index in [4.69, 9.17) is 4.74 Å². The van der Waals surface area contributed by atoms with Crippen LogP contribution in [0.5, 0.6) is 0 Å². The standard InChI is InChI=1S/C17H19FN2O4S/c1-3-19-14-10-9-12(17(21)24-4-2)11-15(14)20-25(22,23)16-8-6-5-7-13(16)18/h5-11,19-20H,3-4H2,1-2H3. The third-order valence-electron chi connectivity index (χ3n) is 3.27. The van der Waals surface area contributed by atoms with Crippen molar-refractivity contribution in [2.45, 2.75) is 18.7 Å². The molecular formula is C17H19FN2O4S. The van der Waals surface area contributed by atoms with Crippen LogP contribution in [0.15, 0.2) is 47.4 Å². The zero-order chi connectivity index (χ0) is 18.4. The van der Waals surface area contributed by atoms with Crippen LogP contribution < -0.4 is 10.0 Å². The van der Waals surface area contributed by atoms with Gasteiger partial charge in [-0.3, -0.25) is 4.72 Å². The van der Waals surface area contributed by atoms with E-state index in [-0.39, 0.29) is 17.9 Å². The third-order valence-corrected chi connectivity index (χ3v) is 4.67. The van der Waals surface area contributed by atoms with Gasteiger partial charge in [-0.1, -0.05) is 12.1 Å². The predicted molar refractivity (Wildman–Crippen MR) is 93.8 cm³/mol. The highest BCUT2D eigenvalue weighted by Gasteiger charge is 2.21. The zero-order valence-corrected chi connectivity index (χ0v) is 14.7. The van der Waals surface area contributed by atoms with Crippen LogP contribution >= 0.6 is 0 Å². The maximum absolute atomic E-state index is 13.8. The highest BCUT2D eigenvalue weighted by molar-refractivity contribution is 7.92. The van der Waals surface area contributed by atoms with Crippen LogP contribution in [0.1, 0.15) is 24.2 Å². The van der Waals surface area contributed by atoms with Crippen molar-refractivity contribution in [3.8, 4) is 0 Å². The molecule has 2 aromatic rings. The molecule has 2 N–H and O–H groups in total. The second-order valence-corrected chi connectivity index (χ2v) is 6.70. The minimum absolute atomic E-state index is 0.135. The maximum Gasteiger partial charge on any atom is 0.338 e. The minimum atomic E-state index is -4.16. The molecule has 134 valence electrons. The van der Waals surface area contributed by atoms with Crippen LogP contribution in [-0.2, 0) is 14.8 Å². The highest BCUT2D eigenvalue weighted by Crippen LogP contribution is 2.27. The summed E-state index contributed by atoms with van der Waals surface area (Å²) >= 11 is 0. The van der Waals surface area contributed by atoms with Gasteiger partial charge in [-0.25, -0.2) is 17.6 Å². The summed E-state index contributed by atoms with van der Waals surface area (Å²) < 4.78 is 46.1. The lowest BCUT2D eigenvalue weighted by atomic mass is 10.1. The topological polar surface area (TPSA) is 84.5 Å². The lowest BCUT2D eigenvalue weighted by Crippen LogP contribution is -2.16. The van der Waals surface area contributed by atoms with Crippen LogP contribution in [-0.4, -0.2) is 27.5 Å². The Balaban J connectivity index is 2.43. The number of carbonyl (C=O) groups excluding carboxylic acids is 1. The van der Waals surface area contributed by atoms with Crippen LogP contribution in [0, 0.1) is 5.82 Å². The van der Waals surface area contributed by atoms with E-state index in [9.17, 15) is 17.6 Å². The van der Waals surface area contributed by atoms with E-state index >= 15 is 0 Å². The number of nitrogens with one attached hydrogen (secondary N) is 2. The van der Waals surface area contributed by atoms with Crippen molar-refractivity contribution in [3.05, 3.63) is 53.8 Å². The Morgan fingerprint density at radius 3 is 2.48 bits per heavy atom. The number of sulfonamides is 1. The molecule has 0 saturated carbocycles. The summed E-state index contributed by atoms with van der Waals surface area (Å²) in [5, 5.41) is 2.99. The molecule has 0 heterocycles. The van der Waals surface area contributed by atoms with Crippen molar-refractivity contribution in [2.75, 3.05) is 23.2 Å². The summed E-state index contributed by atoms with van der Waals surface area (Å²) in [4.78, 5) is 11.4. The van der Waals surface area contributed by atoms with E-state index in [0.717, 1.165) is 6.07 Å². The van der Waals surface area contributed by atoms with Crippen molar-refractivity contribution >= 4 is 27.4 Å². The van der Waals surface area contributed by atoms with Gasteiger partial charge in [0.05, 0.1) is 23.5 Å². The highest BCUT2D eigenvalue weighted by atomic mass is 32.2. The smallest absolute Gasteiger partial charge is 0.338 e. The summed E-state index contributed by atoms with van der Waals surface area (Å²) in [6.07, 6.45) is 0. The Kier molecular flexibility index (Phi) is 5.97. The molecule has 0 saturated heterocycles. The van der Waals surface area contributed by atoms with Gasteiger partial charge in [0.2, 0.25) is 0 Å². The fraction of sp³-hybridized carbons (Fsp3) is 0.235. The van der Waals surface area contributed by atoms with Crippen molar-refractivity contribution in [2.24, 2.45) is 0 Å². The third kappa shape index (κ3) is 4.48. The molecule has 0 unspecified atom stereocenters. The molecule has 0 spiro atoms. The zero-order valence-electron chi connectivity index (χ0n) is 13.9. The molecule has 2 rings (SSSR count). The average Bonchev–Trinajstić information content (AvgIpc) is 2.56. The molecule has 0 atom stereocenters. The molecular weight excluding hydrogens is 347 g/mol. The molecule has 0 aromatic heterocycles. The van der Waals surface area contributed by atoms with Gasteiger partial charge in [0.15, 0.2) is 0 Å². The SMILES string of the molecule is CCNc1ccc(C(=O)OCC)cc1NS(=O)(=O)c1ccccc1F. The first-order valence-corrected chi connectivity index (χ1v) is 9.19. The number of rotatable bonds is 7. The number of carbonyl (C=O) groups is 1. The van der Waals surface area contributed by atoms with Crippen molar-refractivity contribution in [1.82, 2.24) is 0 Å². The molecule has 6 nitrogen and oxygen atoms in total. The Labute approximate surface area is 146 Å². The first-order valence-electron chi connectivity index (χ1n) is 7.71. The first kappa shape index (κ1) is 18.7. The van der Waals surface area contributed by atoms with E-state index in [0.29, 0.717) is 12.2 Å². The largest absolute Gasteiger partial charge is 0.462 e. The Morgan fingerprint density at radius 1 is 1.12 bits per heavy atom. The van der Waals surface area contributed by atoms with Crippen molar-refractivity contribution in [3.63, 3.8) is 0 Å². The van der Waals surface area contributed by atoms with Crippen LogP contribution in [0.25, 0.3) is 0 Å². The number of anilines is 2. The predicted octanol–water partition coefficient (Wildman–Crippen LogP) is 3.24. The Hall–Kier alpha value is -2.61. The quantitative estimate of drug-likeness (QED) is 0.735. The molecule has 0 aliphatic carbocycles. The summed E-state index contributed by atoms with van der Waals surface area (Å²) in [5.74, 6) is -1.43. The Morgan fingerprint density at radius 2 is 1.84 bits per heavy atom.